The molecule has 0 aliphatic carbocycles. The number of benzene rings is 1. The number of guanidine groups is 1. The zero-order valence-electron chi connectivity index (χ0n) is 15.6. The highest BCUT2D eigenvalue weighted by Gasteiger charge is 2.24. The molecule has 1 aliphatic rings. The van der Waals surface area contributed by atoms with Gasteiger partial charge in [-0.1, -0.05) is 38.1 Å². The first kappa shape index (κ1) is 18.7. The Kier molecular flexibility index (Phi) is 7.53. The van der Waals surface area contributed by atoms with Crippen LogP contribution in [0.1, 0.15) is 31.1 Å². The van der Waals surface area contributed by atoms with E-state index in [1.165, 1.54) is 11.1 Å². The Bertz CT molecular complexity index is 528. The summed E-state index contributed by atoms with van der Waals surface area (Å²) < 4.78 is 6.01. The molecule has 0 amide bonds. The van der Waals surface area contributed by atoms with E-state index in [0.29, 0.717) is 0 Å². The van der Waals surface area contributed by atoms with E-state index in [1.54, 1.807) is 0 Å². The minimum atomic E-state index is 0.112. The van der Waals surface area contributed by atoms with E-state index in [4.69, 9.17) is 4.74 Å². The Hall–Kier alpha value is -1.59. The maximum Gasteiger partial charge on any atom is 0.193 e. The lowest BCUT2D eigenvalue weighted by atomic mass is 10.0. The van der Waals surface area contributed by atoms with Crippen molar-refractivity contribution in [2.45, 2.75) is 26.9 Å². The largest absolute Gasteiger partial charge is 0.370 e. The van der Waals surface area contributed by atoms with Crippen LogP contribution < -0.4 is 5.32 Å². The van der Waals surface area contributed by atoms with Crippen molar-refractivity contribution in [3.05, 3.63) is 35.4 Å². The van der Waals surface area contributed by atoms with Gasteiger partial charge in [-0.15, -0.1) is 0 Å². The normalized spacial score (nSPS) is 19.0. The monoisotopic (exact) mass is 332 g/mol. The Morgan fingerprint density at radius 2 is 2.08 bits per heavy atom. The average molecular weight is 332 g/mol. The number of ether oxygens (including phenoxy) is 1. The number of aliphatic imine (C=N–C) groups is 1. The van der Waals surface area contributed by atoms with E-state index in [2.05, 4.69) is 65.1 Å². The number of hydrogen-bond donors (Lipinski definition) is 1. The van der Waals surface area contributed by atoms with Gasteiger partial charge >= 0.3 is 0 Å². The molecule has 1 aromatic rings. The van der Waals surface area contributed by atoms with Gasteiger partial charge in [0.15, 0.2) is 5.96 Å². The smallest absolute Gasteiger partial charge is 0.193 e. The Morgan fingerprint density at radius 3 is 2.75 bits per heavy atom. The van der Waals surface area contributed by atoms with Crippen LogP contribution in [0, 0.1) is 6.92 Å². The molecule has 0 aromatic heterocycles. The summed E-state index contributed by atoms with van der Waals surface area (Å²) in [7, 11) is 1.86. The minimum absolute atomic E-state index is 0.112. The summed E-state index contributed by atoms with van der Waals surface area (Å²) in [6, 6.07) is 8.48. The molecule has 24 heavy (non-hydrogen) atoms. The Morgan fingerprint density at radius 1 is 1.33 bits per heavy atom. The lowest BCUT2D eigenvalue weighted by molar-refractivity contribution is -0.00833. The summed E-state index contributed by atoms with van der Waals surface area (Å²) in [5.41, 5.74) is 2.56. The van der Waals surface area contributed by atoms with Crippen LogP contribution in [0.5, 0.6) is 0 Å². The van der Waals surface area contributed by atoms with Gasteiger partial charge in [0.25, 0.3) is 0 Å². The molecule has 1 fully saturated rings. The van der Waals surface area contributed by atoms with Gasteiger partial charge in [0.1, 0.15) is 6.10 Å². The SMILES string of the molecule is CCN(CC)CCNC(=NC)N1CCOC(c2ccccc2C)C1. The number of rotatable bonds is 6. The van der Waals surface area contributed by atoms with Crippen molar-refractivity contribution in [1.29, 1.82) is 0 Å². The standard InChI is InChI=1S/C19H32N4O/c1-5-22(6-2)12-11-21-19(20-4)23-13-14-24-18(15-23)17-10-8-7-9-16(17)3/h7-10,18H,5-6,11-15H2,1-4H3,(H,20,21). The van der Waals surface area contributed by atoms with E-state index >= 15 is 0 Å². The van der Waals surface area contributed by atoms with Gasteiger partial charge in [0, 0.05) is 26.7 Å². The Balaban J connectivity index is 1.93. The van der Waals surface area contributed by atoms with E-state index in [-0.39, 0.29) is 6.10 Å². The zero-order chi connectivity index (χ0) is 17.4. The number of morpholine rings is 1. The van der Waals surface area contributed by atoms with Crippen molar-refractivity contribution in [1.82, 2.24) is 15.1 Å². The number of hydrogen-bond acceptors (Lipinski definition) is 3. The summed E-state index contributed by atoms with van der Waals surface area (Å²) in [6.07, 6.45) is 0.112. The predicted molar refractivity (Wildman–Crippen MR) is 101 cm³/mol. The van der Waals surface area contributed by atoms with Crippen LogP contribution >= 0.6 is 0 Å². The molecule has 1 aliphatic heterocycles. The lowest BCUT2D eigenvalue weighted by Gasteiger charge is -2.36. The van der Waals surface area contributed by atoms with Gasteiger partial charge in [-0.25, -0.2) is 0 Å². The van der Waals surface area contributed by atoms with Crippen molar-refractivity contribution in [3.8, 4) is 0 Å². The maximum absolute atomic E-state index is 6.01. The summed E-state index contributed by atoms with van der Waals surface area (Å²) in [4.78, 5) is 9.19. The fraction of sp³-hybridized carbons (Fsp3) is 0.632. The van der Waals surface area contributed by atoms with Crippen LogP contribution in [0.4, 0.5) is 0 Å². The molecule has 5 nitrogen and oxygen atoms in total. The van der Waals surface area contributed by atoms with Crippen LogP contribution in [-0.2, 0) is 4.74 Å². The highest BCUT2D eigenvalue weighted by Crippen LogP contribution is 2.24. The molecular formula is C19H32N4O. The minimum Gasteiger partial charge on any atom is -0.370 e. The first-order valence-electron chi connectivity index (χ1n) is 9.04. The van der Waals surface area contributed by atoms with Crippen LogP contribution in [-0.4, -0.2) is 68.7 Å². The van der Waals surface area contributed by atoms with Crippen molar-refractivity contribution in [2.24, 2.45) is 4.99 Å². The number of likely N-dealkylation sites (N-methyl/N-ethyl adjacent to an activating group) is 1. The molecule has 0 radical (unpaired) electrons. The maximum atomic E-state index is 6.01. The quantitative estimate of drug-likeness (QED) is 0.641. The summed E-state index contributed by atoms with van der Waals surface area (Å²) in [5, 5.41) is 3.50. The van der Waals surface area contributed by atoms with Crippen LogP contribution in [0.2, 0.25) is 0 Å². The van der Waals surface area contributed by atoms with Crippen LogP contribution in [0.25, 0.3) is 0 Å². The zero-order valence-corrected chi connectivity index (χ0v) is 15.6. The van der Waals surface area contributed by atoms with Crippen molar-refractivity contribution < 1.29 is 4.74 Å². The molecule has 1 atom stereocenters. The molecule has 1 N–H and O–H groups in total. The van der Waals surface area contributed by atoms with E-state index in [1.807, 2.05) is 7.05 Å². The summed E-state index contributed by atoms with van der Waals surface area (Å²) in [5.74, 6) is 0.976. The topological polar surface area (TPSA) is 40.1 Å². The molecule has 2 rings (SSSR count). The molecule has 1 heterocycles. The van der Waals surface area contributed by atoms with Gasteiger partial charge in [-0.05, 0) is 31.1 Å². The highest BCUT2D eigenvalue weighted by atomic mass is 16.5. The molecular weight excluding hydrogens is 300 g/mol. The third-order valence-corrected chi connectivity index (χ3v) is 4.72. The average Bonchev–Trinajstić information content (AvgIpc) is 2.62. The molecule has 134 valence electrons. The first-order chi connectivity index (χ1) is 11.7. The second-order valence-electron chi connectivity index (χ2n) is 6.16. The van der Waals surface area contributed by atoms with E-state index in [0.717, 1.165) is 51.8 Å². The van der Waals surface area contributed by atoms with Crippen molar-refractivity contribution in [2.75, 3.05) is 52.9 Å². The van der Waals surface area contributed by atoms with Crippen LogP contribution in [0.15, 0.2) is 29.3 Å². The van der Waals surface area contributed by atoms with Gasteiger partial charge < -0.3 is 19.9 Å². The number of nitrogens with one attached hydrogen (secondary N) is 1. The summed E-state index contributed by atoms with van der Waals surface area (Å²) in [6.45, 7) is 13.1. The fourth-order valence-electron chi connectivity index (χ4n) is 3.18. The van der Waals surface area contributed by atoms with E-state index in [9.17, 15) is 0 Å². The summed E-state index contributed by atoms with van der Waals surface area (Å²) >= 11 is 0. The van der Waals surface area contributed by atoms with Crippen LogP contribution in [0.3, 0.4) is 0 Å². The second kappa shape index (κ2) is 9.64. The number of nitrogens with zero attached hydrogens (tertiary/aromatic N) is 3. The second-order valence-corrected chi connectivity index (χ2v) is 6.16. The predicted octanol–water partition coefficient (Wildman–Crippen LogP) is 2.29. The van der Waals surface area contributed by atoms with Gasteiger partial charge in [-0.3, -0.25) is 4.99 Å². The molecule has 1 unspecified atom stereocenters. The Labute approximate surface area is 146 Å². The van der Waals surface area contributed by atoms with Gasteiger partial charge in [0.05, 0.1) is 13.2 Å². The van der Waals surface area contributed by atoms with E-state index < -0.39 is 0 Å². The third-order valence-electron chi connectivity index (χ3n) is 4.72. The number of aryl methyl sites for hydroxylation is 1. The van der Waals surface area contributed by atoms with Gasteiger partial charge in [-0.2, -0.15) is 0 Å². The fourth-order valence-corrected chi connectivity index (χ4v) is 3.18. The van der Waals surface area contributed by atoms with Gasteiger partial charge in [0.2, 0.25) is 0 Å². The highest BCUT2D eigenvalue weighted by molar-refractivity contribution is 5.80. The molecule has 0 bridgehead atoms. The lowest BCUT2D eigenvalue weighted by Crippen LogP contribution is -2.49. The molecule has 1 aromatic carbocycles. The molecule has 0 spiro atoms. The molecule has 1 saturated heterocycles. The van der Waals surface area contributed by atoms with Crippen molar-refractivity contribution >= 4 is 5.96 Å². The third kappa shape index (κ3) is 4.95. The molecule has 5 heteroatoms. The van der Waals surface area contributed by atoms with Crippen molar-refractivity contribution in [3.63, 3.8) is 0 Å². The molecule has 0 saturated carbocycles. The first-order valence-corrected chi connectivity index (χ1v) is 9.04.